The van der Waals surface area contributed by atoms with Gasteiger partial charge in [-0.15, -0.1) is 0 Å². The largest absolute Gasteiger partial charge is 0.497 e. The Kier molecular flexibility index (Phi) is 23.0. The van der Waals surface area contributed by atoms with Gasteiger partial charge in [0.25, 0.3) is 0 Å². The lowest BCUT2D eigenvalue weighted by Gasteiger charge is -1.99. The fraction of sp³-hybridized carbons (Fsp3) is 0.400. The van der Waals surface area contributed by atoms with Gasteiger partial charge in [0.1, 0.15) is 5.75 Å². The third-order valence-electron chi connectivity index (χ3n) is 3.37. The van der Waals surface area contributed by atoms with Gasteiger partial charge in [-0.25, -0.2) is 0 Å². The number of carbonyl (C=O) groups excluding carboxylic acids is 1. The van der Waals surface area contributed by atoms with Crippen molar-refractivity contribution >= 4 is 12.0 Å². The standard InChI is InChI=1S/C12H16O.C8H11NO.C3H7N.C2H6/c1-6-12(11(5)13)8-7-10(4)9(2)3;1-3-7-6-8(10-2)4-5-9-7;1-3-4-2;1-2/h6-8H,2,4H2,1,3,5H3;4-6H,3H2,1-2H3;3H,1-2H3;1-2H3/b8-7-,12-6+;;;. The molecule has 0 spiro atoms. The number of aromatic nitrogens is 1. The minimum atomic E-state index is 0.0632. The van der Waals surface area contributed by atoms with Gasteiger partial charge in [-0.1, -0.05) is 57.7 Å². The first-order valence-corrected chi connectivity index (χ1v) is 9.82. The zero-order valence-electron chi connectivity index (χ0n) is 19.9. The molecule has 162 valence electrons. The predicted octanol–water partition coefficient (Wildman–Crippen LogP) is 6.60. The highest BCUT2D eigenvalue weighted by Gasteiger charge is 1.96. The molecule has 0 saturated carbocycles. The van der Waals surface area contributed by atoms with Gasteiger partial charge in [-0.2, -0.15) is 0 Å². The van der Waals surface area contributed by atoms with Gasteiger partial charge in [0.05, 0.1) is 7.11 Å². The molecule has 0 radical (unpaired) electrons. The van der Waals surface area contributed by atoms with Crippen LogP contribution in [0.5, 0.6) is 5.75 Å². The van der Waals surface area contributed by atoms with Crippen LogP contribution in [-0.4, -0.2) is 31.1 Å². The summed E-state index contributed by atoms with van der Waals surface area (Å²) in [6.45, 7) is 20.8. The van der Waals surface area contributed by atoms with E-state index in [0.717, 1.165) is 29.0 Å². The lowest BCUT2D eigenvalue weighted by Crippen LogP contribution is -1.92. The van der Waals surface area contributed by atoms with Crippen LogP contribution in [0.2, 0.25) is 0 Å². The number of Topliss-reactive ketones (excluding diaryl/α,β-unsaturated/α-hetero) is 1. The van der Waals surface area contributed by atoms with Crippen LogP contribution in [0.4, 0.5) is 0 Å². The molecule has 0 bridgehead atoms. The summed E-state index contributed by atoms with van der Waals surface area (Å²) in [5, 5.41) is 0. The van der Waals surface area contributed by atoms with E-state index in [0.29, 0.717) is 5.57 Å². The maximum atomic E-state index is 11.0. The highest BCUT2D eigenvalue weighted by Crippen LogP contribution is 2.09. The lowest BCUT2D eigenvalue weighted by molar-refractivity contribution is -0.113. The molecule has 0 unspecified atom stereocenters. The van der Waals surface area contributed by atoms with E-state index < -0.39 is 0 Å². The minimum absolute atomic E-state index is 0.0632. The Hall–Kier alpha value is -2.75. The summed E-state index contributed by atoms with van der Waals surface area (Å²) in [5.74, 6) is 0.945. The maximum absolute atomic E-state index is 11.0. The number of hydrogen-bond acceptors (Lipinski definition) is 4. The van der Waals surface area contributed by atoms with E-state index in [1.165, 1.54) is 0 Å². The Morgan fingerprint density at radius 2 is 1.76 bits per heavy atom. The first-order valence-electron chi connectivity index (χ1n) is 9.82. The predicted molar refractivity (Wildman–Crippen MR) is 129 cm³/mol. The third kappa shape index (κ3) is 18.4. The van der Waals surface area contributed by atoms with Crippen LogP contribution in [0.15, 0.2) is 71.4 Å². The molecule has 0 N–H and O–H groups in total. The molecule has 1 aromatic heterocycles. The molecule has 0 aliphatic heterocycles. The van der Waals surface area contributed by atoms with Crippen molar-refractivity contribution < 1.29 is 9.53 Å². The number of aryl methyl sites for hydroxylation is 1. The summed E-state index contributed by atoms with van der Waals surface area (Å²) in [4.78, 5) is 18.7. The van der Waals surface area contributed by atoms with E-state index in [4.69, 9.17) is 4.74 Å². The topological polar surface area (TPSA) is 51.5 Å². The molecule has 0 fully saturated rings. The molecule has 4 nitrogen and oxygen atoms in total. The highest BCUT2D eigenvalue weighted by atomic mass is 16.5. The second-order valence-corrected chi connectivity index (χ2v) is 5.50. The minimum Gasteiger partial charge on any atom is -0.497 e. The quantitative estimate of drug-likeness (QED) is 0.307. The van der Waals surface area contributed by atoms with Crippen LogP contribution in [0.1, 0.15) is 54.2 Å². The number of methoxy groups -OCH3 is 1. The zero-order valence-corrected chi connectivity index (χ0v) is 19.9. The summed E-state index contributed by atoms with van der Waals surface area (Å²) < 4.78 is 5.02. The van der Waals surface area contributed by atoms with E-state index >= 15 is 0 Å². The Morgan fingerprint density at radius 1 is 1.21 bits per heavy atom. The summed E-state index contributed by atoms with van der Waals surface area (Å²) in [6, 6.07) is 3.79. The van der Waals surface area contributed by atoms with Gasteiger partial charge in [-0.3, -0.25) is 9.78 Å². The van der Waals surface area contributed by atoms with Crippen molar-refractivity contribution in [1.82, 2.24) is 4.98 Å². The van der Waals surface area contributed by atoms with Crippen molar-refractivity contribution in [3.8, 4) is 5.75 Å². The van der Waals surface area contributed by atoms with E-state index in [1.807, 2.05) is 46.8 Å². The van der Waals surface area contributed by atoms with Gasteiger partial charge < -0.3 is 9.73 Å². The smallest absolute Gasteiger partial charge is 0.159 e. The van der Waals surface area contributed by atoms with Gasteiger partial charge in [0, 0.05) is 30.6 Å². The van der Waals surface area contributed by atoms with Gasteiger partial charge in [-0.05, 0) is 52.0 Å². The van der Waals surface area contributed by atoms with E-state index in [1.54, 1.807) is 51.7 Å². The number of allylic oxidation sites excluding steroid dienone is 6. The Labute approximate surface area is 178 Å². The van der Waals surface area contributed by atoms with Crippen molar-refractivity contribution in [3.05, 3.63) is 72.1 Å². The Morgan fingerprint density at radius 3 is 2.10 bits per heavy atom. The van der Waals surface area contributed by atoms with E-state index in [-0.39, 0.29) is 5.78 Å². The second kappa shape index (κ2) is 21.5. The molecule has 0 amide bonds. The van der Waals surface area contributed by atoms with Crippen molar-refractivity contribution in [3.63, 3.8) is 0 Å². The Balaban J connectivity index is -0.000000373. The molecule has 1 rings (SSSR count). The zero-order chi connectivity index (χ0) is 23.2. The van der Waals surface area contributed by atoms with Crippen LogP contribution in [0.25, 0.3) is 0 Å². The number of rotatable bonds is 6. The number of nitrogens with zero attached hydrogens (tertiary/aromatic N) is 2. The summed E-state index contributed by atoms with van der Waals surface area (Å²) in [5.41, 5.74) is 3.53. The van der Waals surface area contributed by atoms with Crippen LogP contribution in [-0.2, 0) is 11.2 Å². The SMILES string of the molecule is C=C(C)C(=C)/C=C\C(=C/C)C(C)=O.CC.CC=NC.CCc1cc(OC)ccn1. The number of pyridine rings is 1. The number of aliphatic imine (C=N–C) groups is 1. The van der Waals surface area contributed by atoms with Crippen LogP contribution in [0, 0.1) is 0 Å². The monoisotopic (exact) mass is 400 g/mol. The number of ether oxygens (including phenoxy) is 1. The van der Waals surface area contributed by atoms with Crippen molar-refractivity contribution in [1.29, 1.82) is 0 Å². The van der Waals surface area contributed by atoms with Crippen LogP contribution >= 0.6 is 0 Å². The molecule has 0 aromatic carbocycles. The molecular formula is C25H40N2O2. The Bertz CT molecular complexity index is 661. The molecule has 0 saturated heterocycles. The first-order chi connectivity index (χ1) is 13.8. The molecule has 1 heterocycles. The van der Waals surface area contributed by atoms with Crippen molar-refractivity contribution in [2.24, 2.45) is 4.99 Å². The average molecular weight is 401 g/mol. The average Bonchev–Trinajstić information content (AvgIpc) is 2.75. The molecule has 0 aliphatic carbocycles. The van der Waals surface area contributed by atoms with Crippen LogP contribution in [0.3, 0.4) is 0 Å². The maximum Gasteiger partial charge on any atom is 0.159 e. The second-order valence-electron chi connectivity index (χ2n) is 5.50. The normalized spacial score (nSPS) is 10.0. The summed E-state index contributed by atoms with van der Waals surface area (Å²) in [7, 11) is 3.41. The summed E-state index contributed by atoms with van der Waals surface area (Å²) in [6.07, 6.45) is 9.82. The molecular weight excluding hydrogens is 360 g/mol. The van der Waals surface area contributed by atoms with Gasteiger partial charge in [0.2, 0.25) is 0 Å². The number of ketones is 1. The van der Waals surface area contributed by atoms with Crippen LogP contribution < -0.4 is 4.74 Å². The molecule has 0 atom stereocenters. The molecule has 4 heteroatoms. The van der Waals surface area contributed by atoms with Gasteiger partial charge >= 0.3 is 0 Å². The number of carbonyl (C=O) groups is 1. The molecule has 29 heavy (non-hydrogen) atoms. The summed E-state index contributed by atoms with van der Waals surface area (Å²) >= 11 is 0. The van der Waals surface area contributed by atoms with E-state index in [9.17, 15) is 4.79 Å². The van der Waals surface area contributed by atoms with Crippen molar-refractivity contribution in [2.75, 3.05) is 14.2 Å². The lowest BCUT2D eigenvalue weighted by atomic mass is 10.1. The fourth-order valence-electron chi connectivity index (χ4n) is 1.53. The molecule has 0 aliphatic rings. The fourth-order valence-corrected chi connectivity index (χ4v) is 1.53. The van der Waals surface area contributed by atoms with Crippen molar-refractivity contribution in [2.45, 2.75) is 54.9 Å². The van der Waals surface area contributed by atoms with E-state index in [2.05, 4.69) is 30.1 Å². The molecule has 1 aromatic rings. The first kappa shape index (κ1) is 31.0. The third-order valence-corrected chi connectivity index (χ3v) is 3.37. The van der Waals surface area contributed by atoms with Gasteiger partial charge in [0.15, 0.2) is 5.78 Å². The number of hydrogen-bond donors (Lipinski definition) is 0. The highest BCUT2D eigenvalue weighted by molar-refractivity contribution is 5.96.